The molecular weight excluding hydrogens is 208 g/mol. The van der Waals surface area contributed by atoms with Gasteiger partial charge in [0.25, 0.3) is 5.69 Å². The Morgan fingerprint density at radius 1 is 1.50 bits per heavy atom. The van der Waals surface area contributed by atoms with E-state index in [1.807, 2.05) is 19.9 Å². The SMILES string of the molecule is COCC(C)Nc1cc(C)cc([N+](=O)[O-])c1. The van der Waals surface area contributed by atoms with E-state index in [1.54, 1.807) is 13.2 Å². The number of hydrogen-bond acceptors (Lipinski definition) is 4. The van der Waals surface area contributed by atoms with Gasteiger partial charge in [-0.15, -0.1) is 0 Å². The average Bonchev–Trinajstić information content (AvgIpc) is 2.16. The molecule has 0 aliphatic heterocycles. The van der Waals surface area contributed by atoms with Gasteiger partial charge in [-0.05, 0) is 25.5 Å². The molecule has 0 bridgehead atoms. The van der Waals surface area contributed by atoms with Gasteiger partial charge in [-0.2, -0.15) is 0 Å². The number of nitrogens with zero attached hydrogens (tertiary/aromatic N) is 1. The van der Waals surface area contributed by atoms with Crippen LogP contribution < -0.4 is 5.32 Å². The maximum atomic E-state index is 10.7. The lowest BCUT2D eigenvalue weighted by molar-refractivity contribution is -0.384. The van der Waals surface area contributed by atoms with Crippen LogP contribution in [0.1, 0.15) is 12.5 Å². The van der Waals surface area contributed by atoms with Crippen LogP contribution in [0.4, 0.5) is 11.4 Å². The minimum atomic E-state index is -0.390. The summed E-state index contributed by atoms with van der Waals surface area (Å²) in [5.74, 6) is 0. The van der Waals surface area contributed by atoms with Crippen molar-refractivity contribution in [3.8, 4) is 0 Å². The summed E-state index contributed by atoms with van der Waals surface area (Å²) in [6.45, 7) is 4.35. The van der Waals surface area contributed by atoms with E-state index in [4.69, 9.17) is 4.74 Å². The molecule has 1 unspecified atom stereocenters. The second kappa shape index (κ2) is 5.46. The highest BCUT2D eigenvalue weighted by Crippen LogP contribution is 2.20. The summed E-state index contributed by atoms with van der Waals surface area (Å²) in [6.07, 6.45) is 0. The summed E-state index contributed by atoms with van der Waals surface area (Å²) in [6, 6.07) is 5.07. The van der Waals surface area contributed by atoms with Crippen LogP contribution in [-0.4, -0.2) is 24.7 Å². The lowest BCUT2D eigenvalue weighted by Crippen LogP contribution is -2.20. The van der Waals surface area contributed by atoms with E-state index in [0.717, 1.165) is 11.3 Å². The molecule has 0 fully saturated rings. The van der Waals surface area contributed by atoms with E-state index in [0.29, 0.717) is 6.61 Å². The monoisotopic (exact) mass is 224 g/mol. The van der Waals surface area contributed by atoms with Gasteiger partial charge in [-0.1, -0.05) is 0 Å². The minimum Gasteiger partial charge on any atom is -0.383 e. The molecular formula is C11H16N2O3. The molecule has 0 aliphatic rings. The number of rotatable bonds is 5. The van der Waals surface area contributed by atoms with Gasteiger partial charge in [-0.3, -0.25) is 10.1 Å². The van der Waals surface area contributed by atoms with Crippen molar-refractivity contribution in [3.05, 3.63) is 33.9 Å². The molecule has 1 atom stereocenters. The van der Waals surface area contributed by atoms with Crippen molar-refractivity contribution in [1.29, 1.82) is 0 Å². The largest absolute Gasteiger partial charge is 0.383 e. The fourth-order valence-electron chi connectivity index (χ4n) is 1.53. The number of anilines is 1. The predicted octanol–water partition coefficient (Wildman–Crippen LogP) is 2.35. The third-order valence-corrected chi connectivity index (χ3v) is 2.10. The standard InChI is InChI=1S/C11H16N2O3/c1-8-4-10(12-9(2)7-16-3)6-11(5-8)13(14)15/h4-6,9,12H,7H2,1-3H3. The van der Waals surface area contributed by atoms with E-state index >= 15 is 0 Å². The molecule has 1 aromatic rings. The van der Waals surface area contributed by atoms with Crippen molar-refractivity contribution in [2.75, 3.05) is 19.0 Å². The Kier molecular flexibility index (Phi) is 4.25. The second-order valence-electron chi connectivity index (χ2n) is 3.82. The number of nitro benzene ring substituents is 1. The molecule has 16 heavy (non-hydrogen) atoms. The molecule has 1 N–H and O–H groups in total. The van der Waals surface area contributed by atoms with Crippen LogP contribution in [-0.2, 0) is 4.74 Å². The molecule has 88 valence electrons. The summed E-state index contributed by atoms with van der Waals surface area (Å²) in [7, 11) is 1.62. The topological polar surface area (TPSA) is 64.4 Å². The molecule has 0 aromatic heterocycles. The Morgan fingerprint density at radius 2 is 2.19 bits per heavy atom. The van der Waals surface area contributed by atoms with Gasteiger partial charge in [0.1, 0.15) is 0 Å². The van der Waals surface area contributed by atoms with Gasteiger partial charge in [0.2, 0.25) is 0 Å². The van der Waals surface area contributed by atoms with E-state index in [-0.39, 0.29) is 16.7 Å². The van der Waals surface area contributed by atoms with Gasteiger partial charge in [0, 0.05) is 31.0 Å². The molecule has 0 aliphatic carbocycles. The zero-order chi connectivity index (χ0) is 12.1. The highest BCUT2D eigenvalue weighted by molar-refractivity contribution is 5.54. The maximum Gasteiger partial charge on any atom is 0.271 e. The quantitative estimate of drug-likeness (QED) is 0.616. The van der Waals surface area contributed by atoms with Gasteiger partial charge in [0.05, 0.1) is 11.5 Å². The number of ether oxygens (including phenoxy) is 1. The lowest BCUT2D eigenvalue weighted by Gasteiger charge is -2.14. The molecule has 5 heteroatoms. The van der Waals surface area contributed by atoms with Gasteiger partial charge in [0.15, 0.2) is 0 Å². The van der Waals surface area contributed by atoms with Gasteiger partial charge in [-0.25, -0.2) is 0 Å². The summed E-state index contributed by atoms with van der Waals surface area (Å²) in [5, 5.41) is 13.8. The van der Waals surface area contributed by atoms with Crippen molar-refractivity contribution in [3.63, 3.8) is 0 Å². The molecule has 0 spiro atoms. The van der Waals surface area contributed by atoms with Crippen molar-refractivity contribution in [1.82, 2.24) is 0 Å². The molecule has 1 rings (SSSR count). The number of benzene rings is 1. The Hall–Kier alpha value is -1.62. The number of nitro groups is 1. The summed E-state index contributed by atoms with van der Waals surface area (Å²) < 4.78 is 4.99. The van der Waals surface area contributed by atoms with E-state index in [2.05, 4.69) is 5.32 Å². The molecule has 0 radical (unpaired) electrons. The van der Waals surface area contributed by atoms with Gasteiger partial charge < -0.3 is 10.1 Å². The second-order valence-corrected chi connectivity index (χ2v) is 3.82. The van der Waals surface area contributed by atoms with E-state index in [1.165, 1.54) is 6.07 Å². The number of non-ortho nitro benzene ring substituents is 1. The Labute approximate surface area is 94.6 Å². The van der Waals surface area contributed by atoms with Crippen LogP contribution in [0.3, 0.4) is 0 Å². The molecule has 0 saturated heterocycles. The number of nitrogens with one attached hydrogen (secondary N) is 1. The smallest absolute Gasteiger partial charge is 0.271 e. The van der Waals surface area contributed by atoms with Crippen molar-refractivity contribution in [2.45, 2.75) is 19.9 Å². The van der Waals surface area contributed by atoms with Crippen LogP contribution in [0.15, 0.2) is 18.2 Å². The first kappa shape index (κ1) is 12.4. The van der Waals surface area contributed by atoms with Crippen LogP contribution in [0, 0.1) is 17.0 Å². The fourth-order valence-corrected chi connectivity index (χ4v) is 1.53. The van der Waals surface area contributed by atoms with Crippen molar-refractivity contribution in [2.24, 2.45) is 0 Å². The molecule has 1 aromatic carbocycles. The average molecular weight is 224 g/mol. The van der Waals surface area contributed by atoms with Crippen molar-refractivity contribution < 1.29 is 9.66 Å². The van der Waals surface area contributed by atoms with Gasteiger partial charge >= 0.3 is 0 Å². The highest BCUT2D eigenvalue weighted by atomic mass is 16.6. The number of methoxy groups -OCH3 is 1. The minimum absolute atomic E-state index is 0.104. The van der Waals surface area contributed by atoms with E-state index in [9.17, 15) is 10.1 Å². The Morgan fingerprint density at radius 3 is 2.75 bits per heavy atom. The first-order chi connectivity index (χ1) is 7.52. The van der Waals surface area contributed by atoms with Crippen LogP contribution >= 0.6 is 0 Å². The molecule has 0 heterocycles. The lowest BCUT2D eigenvalue weighted by atomic mass is 10.2. The normalized spacial score (nSPS) is 12.2. The molecule has 0 saturated carbocycles. The Bertz CT molecular complexity index is 379. The third-order valence-electron chi connectivity index (χ3n) is 2.10. The third kappa shape index (κ3) is 3.51. The molecule has 0 amide bonds. The zero-order valence-corrected chi connectivity index (χ0v) is 9.69. The highest BCUT2D eigenvalue weighted by Gasteiger charge is 2.09. The molecule has 5 nitrogen and oxygen atoms in total. The van der Waals surface area contributed by atoms with Crippen molar-refractivity contribution >= 4 is 11.4 Å². The van der Waals surface area contributed by atoms with Crippen LogP contribution in [0.25, 0.3) is 0 Å². The van der Waals surface area contributed by atoms with Crippen LogP contribution in [0.5, 0.6) is 0 Å². The first-order valence-electron chi connectivity index (χ1n) is 5.04. The number of hydrogen-bond donors (Lipinski definition) is 1. The van der Waals surface area contributed by atoms with E-state index < -0.39 is 0 Å². The summed E-state index contributed by atoms with van der Waals surface area (Å²) in [5.41, 5.74) is 1.71. The van der Waals surface area contributed by atoms with Crippen LogP contribution in [0.2, 0.25) is 0 Å². The summed E-state index contributed by atoms with van der Waals surface area (Å²) >= 11 is 0. The maximum absolute atomic E-state index is 10.7. The zero-order valence-electron chi connectivity index (χ0n) is 9.69. The fraction of sp³-hybridized carbons (Fsp3) is 0.455. The Balaban J connectivity index is 2.84. The first-order valence-corrected chi connectivity index (χ1v) is 5.04. The summed E-state index contributed by atoms with van der Waals surface area (Å²) in [4.78, 5) is 10.3. The number of aryl methyl sites for hydroxylation is 1. The predicted molar refractivity (Wildman–Crippen MR) is 62.8 cm³/mol.